The number of nitrogens with zero attached hydrogens (tertiary/aromatic N) is 2. The lowest BCUT2D eigenvalue weighted by Gasteiger charge is -2.01. The van der Waals surface area contributed by atoms with Gasteiger partial charge in [0.1, 0.15) is 11.3 Å². The fourth-order valence-corrected chi connectivity index (χ4v) is 2.32. The summed E-state index contributed by atoms with van der Waals surface area (Å²) in [5.74, 6) is 0.864. The van der Waals surface area contributed by atoms with Gasteiger partial charge in [0.2, 0.25) is 0 Å². The van der Waals surface area contributed by atoms with Crippen molar-refractivity contribution < 1.29 is 4.74 Å². The molecular weight excluding hydrogens is 236 g/mol. The molecule has 2 unspecified atom stereocenters. The summed E-state index contributed by atoms with van der Waals surface area (Å²) in [6.45, 7) is 2.60. The number of aromatic nitrogens is 4. The molecule has 2 atom stereocenters. The van der Waals surface area contributed by atoms with E-state index in [0.29, 0.717) is 23.6 Å². The fraction of sp³-hybridized carbons (Fsp3) is 0.545. The average molecular weight is 250 g/mol. The molecule has 1 fully saturated rings. The van der Waals surface area contributed by atoms with Crippen molar-refractivity contribution in [2.75, 3.05) is 6.61 Å². The lowest BCUT2D eigenvalue weighted by Crippen LogP contribution is -2.28. The van der Waals surface area contributed by atoms with Gasteiger partial charge in [0.25, 0.3) is 5.56 Å². The Morgan fingerprint density at radius 3 is 2.83 bits per heavy atom. The number of aromatic amines is 2. The molecule has 1 aliphatic rings. The molecule has 1 aliphatic heterocycles. The molecule has 2 aromatic heterocycles. The summed E-state index contributed by atoms with van der Waals surface area (Å²) in [6.07, 6.45) is 1.07. The third kappa shape index (κ3) is 1.59. The van der Waals surface area contributed by atoms with Crippen LogP contribution in [0.15, 0.2) is 9.59 Å². The Morgan fingerprint density at radius 1 is 1.39 bits per heavy atom. The largest absolute Gasteiger partial charge is 0.378 e. The van der Waals surface area contributed by atoms with E-state index in [0.717, 1.165) is 6.42 Å². The smallest absolute Gasteiger partial charge is 0.329 e. The van der Waals surface area contributed by atoms with Crippen molar-refractivity contribution in [1.29, 1.82) is 0 Å². The van der Waals surface area contributed by atoms with Gasteiger partial charge in [-0.3, -0.25) is 14.3 Å². The number of H-pyrrole nitrogens is 2. The number of nitrogens with one attached hydrogen (secondary N) is 2. The topological polar surface area (TPSA) is 92.8 Å². The van der Waals surface area contributed by atoms with E-state index in [1.807, 2.05) is 6.92 Å². The SMILES string of the molecule is CC1CC(c2nc3c([nH]2)c(=O)[nH]c(=O)n3C)CO1. The zero-order valence-electron chi connectivity index (χ0n) is 10.2. The van der Waals surface area contributed by atoms with Gasteiger partial charge < -0.3 is 9.72 Å². The molecule has 18 heavy (non-hydrogen) atoms. The first-order chi connectivity index (χ1) is 8.56. The lowest BCUT2D eigenvalue weighted by molar-refractivity contribution is 0.123. The van der Waals surface area contributed by atoms with E-state index in [-0.39, 0.29) is 12.0 Å². The second-order valence-electron chi connectivity index (χ2n) is 4.72. The van der Waals surface area contributed by atoms with Gasteiger partial charge in [-0.25, -0.2) is 9.78 Å². The van der Waals surface area contributed by atoms with E-state index in [9.17, 15) is 9.59 Å². The molecule has 0 aromatic carbocycles. The third-order valence-corrected chi connectivity index (χ3v) is 3.36. The van der Waals surface area contributed by atoms with Crippen molar-refractivity contribution in [3.05, 3.63) is 26.7 Å². The molecule has 2 N–H and O–H groups in total. The normalized spacial score (nSPS) is 23.9. The molecule has 0 radical (unpaired) electrons. The Hall–Kier alpha value is -1.89. The number of rotatable bonds is 1. The highest BCUT2D eigenvalue weighted by Gasteiger charge is 2.26. The second kappa shape index (κ2) is 3.81. The maximum atomic E-state index is 11.7. The molecule has 3 heterocycles. The summed E-state index contributed by atoms with van der Waals surface area (Å²) in [6, 6.07) is 0. The maximum absolute atomic E-state index is 11.7. The quantitative estimate of drug-likeness (QED) is 0.735. The van der Waals surface area contributed by atoms with Crippen LogP contribution in [-0.2, 0) is 11.8 Å². The van der Waals surface area contributed by atoms with Crippen LogP contribution in [0.3, 0.4) is 0 Å². The highest BCUT2D eigenvalue weighted by atomic mass is 16.5. The second-order valence-corrected chi connectivity index (χ2v) is 4.72. The summed E-state index contributed by atoms with van der Waals surface area (Å²) in [7, 11) is 1.58. The summed E-state index contributed by atoms with van der Waals surface area (Å²) in [5, 5.41) is 0. The predicted molar refractivity (Wildman–Crippen MR) is 64.7 cm³/mol. The number of imidazole rings is 1. The zero-order chi connectivity index (χ0) is 12.9. The molecule has 0 bridgehead atoms. The van der Waals surface area contributed by atoms with Crippen molar-refractivity contribution in [1.82, 2.24) is 19.5 Å². The maximum Gasteiger partial charge on any atom is 0.329 e. The van der Waals surface area contributed by atoms with E-state index in [1.54, 1.807) is 7.05 Å². The van der Waals surface area contributed by atoms with Crippen LogP contribution in [0.5, 0.6) is 0 Å². The molecule has 0 spiro atoms. The van der Waals surface area contributed by atoms with Crippen LogP contribution in [0.1, 0.15) is 25.1 Å². The summed E-state index contributed by atoms with van der Waals surface area (Å²) < 4.78 is 6.81. The number of ether oxygens (including phenoxy) is 1. The summed E-state index contributed by atoms with van der Waals surface area (Å²) in [5.41, 5.74) is -0.162. The van der Waals surface area contributed by atoms with Gasteiger partial charge in [-0.05, 0) is 13.3 Å². The Kier molecular flexibility index (Phi) is 2.37. The van der Waals surface area contributed by atoms with Gasteiger partial charge in [0, 0.05) is 13.0 Å². The Bertz CT molecular complexity index is 711. The summed E-state index contributed by atoms with van der Waals surface area (Å²) >= 11 is 0. The molecule has 0 amide bonds. The van der Waals surface area contributed by atoms with Crippen molar-refractivity contribution in [2.45, 2.75) is 25.4 Å². The first kappa shape index (κ1) is 11.2. The Balaban J connectivity index is 2.17. The van der Waals surface area contributed by atoms with Gasteiger partial charge in [0.15, 0.2) is 5.65 Å². The fourth-order valence-electron chi connectivity index (χ4n) is 2.32. The monoisotopic (exact) mass is 250 g/mol. The average Bonchev–Trinajstić information content (AvgIpc) is 2.92. The minimum Gasteiger partial charge on any atom is -0.378 e. The molecule has 1 saturated heterocycles. The predicted octanol–water partition coefficient (Wildman–Crippen LogP) is -0.158. The van der Waals surface area contributed by atoms with Gasteiger partial charge in [0.05, 0.1) is 12.7 Å². The van der Waals surface area contributed by atoms with Gasteiger partial charge >= 0.3 is 5.69 Å². The number of hydrogen-bond donors (Lipinski definition) is 2. The third-order valence-electron chi connectivity index (χ3n) is 3.36. The van der Waals surface area contributed by atoms with E-state index in [1.165, 1.54) is 4.57 Å². The van der Waals surface area contributed by atoms with Gasteiger partial charge in [-0.1, -0.05) is 0 Å². The van der Waals surface area contributed by atoms with Crippen LogP contribution in [0.25, 0.3) is 11.2 Å². The number of hydrogen-bond acceptors (Lipinski definition) is 4. The van der Waals surface area contributed by atoms with Crippen LogP contribution < -0.4 is 11.2 Å². The van der Waals surface area contributed by atoms with Crippen LogP contribution in [0, 0.1) is 0 Å². The van der Waals surface area contributed by atoms with Crippen LogP contribution >= 0.6 is 0 Å². The number of fused-ring (bicyclic) bond motifs is 1. The van der Waals surface area contributed by atoms with Crippen LogP contribution in [0.4, 0.5) is 0 Å². The molecule has 0 saturated carbocycles. The molecule has 0 aliphatic carbocycles. The molecule has 3 rings (SSSR count). The van der Waals surface area contributed by atoms with E-state index >= 15 is 0 Å². The Labute approximate surface area is 102 Å². The minimum atomic E-state index is -0.457. The van der Waals surface area contributed by atoms with E-state index < -0.39 is 11.2 Å². The van der Waals surface area contributed by atoms with E-state index in [2.05, 4.69) is 15.0 Å². The van der Waals surface area contributed by atoms with Crippen molar-refractivity contribution in [3.63, 3.8) is 0 Å². The highest BCUT2D eigenvalue weighted by Crippen LogP contribution is 2.27. The molecular formula is C11H14N4O3. The molecule has 7 heteroatoms. The first-order valence-electron chi connectivity index (χ1n) is 5.87. The van der Waals surface area contributed by atoms with Crippen molar-refractivity contribution in [3.8, 4) is 0 Å². The highest BCUT2D eigenvalue weighted by molar-refractivity contribution is 5.69. The van der Waals surface area contributed by atoms with Gasteiger partial charge in [-0.2, -0.15) is 0 Å². The first-order valence-corrected chi connectivity index (χ1v) is 5.87. The van der Waals surface area contributed by atoms with Crippen molar-refractivity contribution >= 4 is 11.2 Å². The van der Waals surface area contributed by atoms with Crippen molar-refractivity contribution in [2.24, 2.45) is 7.05 Å². The lowest BCUT2D eigenvalue weighted by atomic mass is 10.1. The number of aryl methyl sites for hydroxylation is 1. The van der Waals surface area contributed by atoms with Crippen LogP contribution in [-0.4, -0.2) is 32.2 Å². The molecule has 2 aromatic rings. The van der Waals surface area contributed by atoms with Gasteiger partial charge in [-0.15, -0.1) is 0 Å². The Morgan fingerprint density at radius 2 is 2.17 bits per heavy atom. The molecule has 96 valence electrons. The van der Waals surface area contributed by atoms with Crippen LogP contribution in [0.2, 0.25) is 0 Å². The zero-order valence-corrected chi connectivity index (χ0v) is 10.2. The summed E-state index contributed by atoms with van der Waals surface area (Å²) in [4.78, 5) is 32.7. The minimum absolute atomic E-state index is 0.155. The standard InChI is InChI=1S/C11H14N4O3/c1-5-3-6(4-18-5)8-12-7-9(13-8)15(2)11(17)14-10(7)16/h5-6H,3-4H2,1-2H3,(H,12,13)(H,14,16,17). The molecule has 7 nitrogen and oxygen atoms in total. The van der Waals surface area contributed by atoms with E-state index in [4.69, 9.17) is 4.74 Å².